The fourth-order valence-electron chi connectivity index (χ4n) is 5.55. The van der Waals surface area contributed by atoms with Gasteiger partial charge in [-0.2, -0.15) is 0 Å². The van der Waals surface area contributed by atoms with Crippen LogP contribution < -0.4 is 19.7 Å². The van der Waals surface area contributed by atoms with E-state index in [4.69, 9.17) is 4.74 Å². The zero-order valence-electron chi connectivity index (χ0n) is 24.3. The Morgan fingerprint density at radius 3 is 2.51 bits per heavy atom. The van der Waals surface area contributed by atoms with Gasteiger partial charge in [0.2, 0.25) is 21.8 Å². The summed E-state index contributed by atoms with van der Waals surface area (Å²) in [5, 5.41) is 3.92. The molecular formula is C29H37FN6O4S. The fraction of sp³-hybridized carbons (Fsp3) is 0.483. The molecule has 0 radical (unpaired) electrons. The molecule has 0 aliphatic carbocycles. The lowest BCUT2D eigenvalue weighted by Crippen LogP contribution is -2.65. The first-order valence-corrected chi connectivity index (χ1v) is 15.5. The van der Waals surface area contributed by atoms with Crippen LogP contribution in [0.25, 0.3) is 22.0 Å². The number of rotatable bonds is 10. The number of fused-ring (bicyclic) bond motifs is 4. The number of anilines is 2. The molecule has 1 spiro atoms. The average Bonchev–Trinajstić information content (AvgIpc) is 3.12. The van der Waals surface area contributed by atoms with Crippen LogP contribution in [-0.4, -0.2) is 80.3 Å². The number of ether oxygens (including phenoxy) is 1. The highest BCUT2D eigenvalue weighted by atomic mass is 32.2. The number of pyridine rings is 2. The second-order valence-electron chi connectivity index (χ2n) is 11.4. The van der Waals surface area contributed by atoms with Crippen LogP contribution in [0, 0.1) is 5.82 Å². The summed E-state index contributed by atoms with van der Waals surface area (Å²) >= 11 is 0. The van der Waals surface area contributed by atoms with Gasteiger partial charge in [-0.05, 0) is 32.9 Å². The molecule has 1 fully saturated rings. The van der Waals surface area contributed by atoms with Gasteiger partial charge < -0.3 is 15.0 Å². The normalized spacial score (nSPS) is 16.6. The van der Waals surface area contributed by atoms with Crippen molar-refractivity contribution in [2.24, 2.45) is 0 Å². The maximum atomic E-state index is 15.6. The number of nitrogens with one attached hydrogen (secondary N) is 2. The lowest BCUT2D eigenvalue weighted by atomic mass is 9.72. The van der Waals surface area contributed by atoms with E-state index in [1.54, 1.807) is 24.2 Å². The summed E-state index contributed by atoms with van der Waals surface area (Å²) in [6.45, 7) is 11.7. The molecule has 2 aromatic heterocycles. The van der Waals surface area contributed by atoms with Crippen molar-refractivity contribution in [2.45, 2.75) is 52.1 Å². The summed E-state index contributed by atoms with van der Waals surface area (Å²) in [5.74, 6) is -0.564. The van der Waals surface area contributed by atoms with E-state index >= 15 is 4.39 Å². The van der Waals surface area contributed by atoms with Crippen molar-refractivity contribution < 1.29 is 22.3 Å². The van der Waals surface area contributed by atoms with Crippen molar-refractivity contribution in [3.05, 3.63) is 42.0 Å². The first-order chi connectivity index (χ1) is 19.4. The van der Waals surface area contributed by atoms with E-state index < -0.39 is 21.3 Å². The van der Waals surface area contributed by atoms with E-state index in [9.17, 15) is 13.2 Å². The third kappa shape index (κ3) is 5.24. The van der Waals surface area contributed by atoms with Crippen LogP contribution in [0.15, 0.2) is 30.6 Å². The number of benzene rings is 1. The van der Waals surface area contributed by atoms with Gasteiger partial charge in [0.1, 0.15) is 23.5 Å². The summed E-state index contributed by atoms with van der Waals surface area (Å²) in [6.07, 6.45) is 3.10. The maximum Gasteiger partial charge on any atom is 0.240 e. The predicted octanol–water partition coefficient (Wildman–Crippen LogP) is 3.51. The zero-order chi connectivity index (χ0) is 29.7. The SMILES string of the molecule is CCS(=O)(=O)Nc1cc(-c2cc3c4c(cnc3cc2F)N(C)C(=O)C42CN(C(C)C)C2)cnc1OCCNC(C)C. The number of likely N-dealkylation sites (N-methyl/N-ethyl adjacent to an activating group) is 1. The van der Waals surface area contributed by atoms with Crippen LogP contribution in [0.2, 0.25) is 0 Å². The largest absolute Gasteiger partial charge is 0.475 e. The molecule has 2 aliphatic heterocycles. The molecule has 1 aromatic carbocycles. The van der Waals surface area contributed by atoms with Gasteiger partial charge in [-0.3, -0.25) is 19.4 Å². The highest BCUT2D eigenvalue weighted by molar-refractivity contribution is 7.92. The summed E-state index contributed by atoms with van der Waals surface area (Å²) in [4.78, 5) is 26.2. The quantitative estimate of drug-likeness (QED) is 0.348. The minimum absolute atomic E-state index is 0.0101. The molecule has 0 saturated carbocycles. The summed E-state index contributed by atoms with van der Waals surface area (Å²) in [5.41, 5.74) is 2.03. The van der Waals surface area contributed by atoms with Crippen molar-refractivity contribution in [1.82, 2.24) is 20.2 Å². The van der Waals surface area contributed by atoms with Crippen LogP contribution in [0.4, 0.5) is 15.8 Å². The molecule has 4 heterocycles. The third-order valence-corrected chi connectivity index (χ3v) is 9.16. The number of sulfonamides is 1. The Hall–Kier alpha value is -3.35. The van der Waals surface area contributed by atoms with Crippen LogP contribution in [0.5, 0.6) is 5.88 Å². The number of halogens is 1. The number of carbonyl (C=O) groups is 1. The van der Waals surface area contributed by atoms with E-state index in [2.05, 4.69) is 38.8 Å². The molecule has 0 bridgehead atoms. The molecular weight excluding hydrogens is 547 g/mol. The van der Waals surface area contributed by atoms with E-state index in [0.717, 1.165) is 11.3 Å². The maximum absolute atomic E-state index is 15.6. The predicted molar refractivity (Wildman–Crippen MR) is 158 cm³/mol. The van der Waals surface area contributed by atoms with Crippen molar-refractivity contribution in [1.29, 1.82) is 0 Å². The van der Waals surface area contributed by atoms with Crippen LogP contribution in [-0.2, 0) is 20.2 Å². The molecule has 1 saturated heterocycles. The Labute approximate surface area is 240 Å². The van der Waals surface area contributed by atoms with Crippen LogP contribution in [0.3, 0.4) is 0 Å². The van der Waals surface area contributed by atoms with Gasteiger partial charge in [-0.1, -0.05) is 13.8 Å². The molecule has 2 N–H and O–H groups in total. The average molecular weight is 585 g/mol. The topological polar surface area (TPSA) is 117 Å². The summed E-state index contributed by atoms with van der Waals surface area (Å²) in [6, 6.07) is 5.15. The second kappa shape index (κ2) is 10.8. The van der Waals surface area contributed by atoms with Crippen LogP contribution in [0.1, 0.15) is 40.2 Å². The van der Waals surface area contributed by atoms with Gasteiger partial charge in [-0.25, -0.2) is 17.8 Å². The zero-order valence-corrected chi connectivity index (χ0v) is 25.1. The number of likely N-dealkylation sites (tertiary alicyclic amines) is 1. The molecule has 41 heavy (non-hydrogen) atoms. The minimum atomic E-state index is -3.66. The van der Waals surface area contributed by atoms with Gasteiger partial charge >= 0.3 is 0 Å². The summed E-state index contributed by atoms with van der Waals surface area (Å²) in [7, 11) is -1.92. The van der Waals surface area contributed by atoms with Gasteiger partial charge in [0.15, 0.2) is 0 Å². The number of nitrogens with zero attached hydrogens (tertiary/aromatic N) is 4. The molecule has 10 nitrogen and oxygen atoms in total. The Kier molecular flexibility index (Phi) is 7.68. The van der Waals surface area contributed by atoms with E-state index in [1.807, 2.05) is 13.8 Å². The van der Waals surface area contributed by atoms with Crippen molar-refractivity contribution in [2.75, 3.05) is 48.7 Å². The van der Waals surface area contributed by atoms with Crippen molar-refractivity contribution in [3.8, 4) is 17.0 Å². The minimum Gasteiger partial charge on any atom is -0.475 e. The molecule has 0 unspecified atom stereocenters. The van der Waals surface area contributed by atoms with Crippen LogP contribution >= 0.6 is 0 Å². The lowest BCUT2D eigenvalue weighted by molar-refractivity contribution is -0.130. The monoisotopic (exact) mass is 584 g/mol. The van der Waals surface area contributed by atoms with Crippen molar-refractivity contribution >= 4 is 38.2 Å². The third-order valence-electron chi connectivity index (χ3n) is 7.87. The number of carbonyl (C=O) groups excluding carboxylic acids is 1. The molecule has 3 aromatic rings. The number of amides is 1. The number of hydrogen-bond donors (Lipinski definition) is 2. The summed E-state index contributed by atoms with van der Waals surface area (Å²) < 4.78 is 48.9. The molecule has 2 aliphatic rings. The fourth-order valence-corrected chi connectivity index (χ4v) is 6.17. The van der Waals surface area contributed by atoms with Gasteiger partial charge in [0, 0.05) is 73.1 Å². The number of aromatic nitrogens is 2. The molecule has 1 amide bonds. The molecule has 5 rings (SSSR count). The standard InChI is InChI=1S/C29H37FN6O4S/c1-7-41(38,39)34-24-10-19(13-33-27(24)40-9-8-31-17(2)3)20-11-21-23(12-22(20)30)32-14-25-26(21)29(28(37)35(25)6)15-36(16-29)18(4)5/h10-14,17-18,31,34H,7-9,15-16H2,1-6H3. The second-order valence-corrected chi connectivity index (χ2v) is 13.4. The first kappa shape index (κ1) is 29.2. The Balaban J connectivity index is 1.59. The Bertz CT molecular complexity index is 1600. The molecule has 12 heteroatoms. The van der Waals surface area contributed by atoms with E-state index in [1.165, 1.54) is 25.3 Å². The highest BCUT2D eigenvalue weighted by Crippen LogP contribution is 2.50. The van der Waals surface area contributed by atoms with Gasteiger partial charge in [-0.15, -0.1) is 0 Å². The number of hydrogen-bond acceptors (Lipinski definition) is 8. The van der Waals surface area contributed by atoms with Crippen molar-refractivity contribution in [3.63, 3.8) is 0 Å². The smallest absolute Gasteiger partial charge is 0.240 e. The van der Waals surface area contributed by atoms with E-state index in [-0.39, 0.29) is 41.4 Å². The molecule has 0 atom stereocenters. The first-order valence-electron chi connectivity index (χ1n) is 13.9. The lowest BCUT2D eigenvalue weighted by Gasteiger charge is -2.49. The Morgan fingerprint density at radius 1 is 1.12 bits per heavy atom. The highest BCUT2D eigenvalue weighted by Gasteiger charge is 2.58. The van der Waals surface area contributed by atoms with E-state index in [0.29, 0.717) is 42.1 Å². The Morgan fingerprint density at radius 2 is 1.85 bits per heavy atom. The molecule has 220 valence electrons. The van der Waals surface area contributed by atoms with Gasteiger partial charge in [0.25, 0.3) is 0 Å². The van der Waals surface area contributed by atoms with Gasteiger partial charge in [0.05, 0.1) is 23.2 Å².